The summed E-state index contributed by atoms with van der Waals surface area (Å²) >= 11 is 0. The van der Waals surface area contributed by atoms with Crippen molar-refractivity contribution in [3.05, 3.63) is 48.8 Å². The first-order valence-electron chi connectivity index (χ1n) is 6.42. The average Bonchev–Trinajstić information content (AvgIpc) is 3.06. The number of pyridine rings is 1. The molecule has 0 saturated carbocycles. The molecule has 3 aromatic rings. The van der Waals surface area contributed by atoms with Gasteiger partial charge < -0.3 is 10.3 Å². The fraction of sp³-hybridized carbons (Fsp3) is 0.214. The monoisotopic (exact) mass is 268 g/mol. The van der Waals surface area contributed by atoms with Crippen molar-refractivity contribution in [2.45, 2.75) is 13.0 Å². The van der Waals surface area contributed by atoms with Gasteiger partial charge in [-0.2, -0.15) is 5.10 Å². The summed E-state index contributed by atoms with van der Waals surface area (Å²) in [6.45, 7) is 0.853. The van der Waals surface area contributed by atoms with Gasteiger partial charge in [-0.15, -0.1) is 0 Å². The molecule has 0 unspecified atom stereocenters. The quantitative estimate of drug-likeness (QED) is 0.778. The van der Waals surface area contributed by atoms with Crippen LogP contribution in [-0.2, 0) is 20.0 Å². The Morgan fingerprint density at radius 1 is 1.20 bits per heavy atom. The van der Waals surface area contributed by atoms with E-state index in [4.69, 9.17) is 5.73 Å². The number of nitrogens with two attached hydrogens (primary N) is 1. The van der Waals surface area contributed by atoms with Crippen LogP contribution in [0, 0.1) is 0 Å². The number of aromatic nitrogens is 5. The Bertz CT molecular complexity index is 695. The number of anilines is 1. The molecule has 20 heavy (non-hydrogen) atoms. The molecular weight excluding hydrogens is 252 g/mol. The predicted octanol–water partition coefficient (Wildman–Crippen LogP) is 1.50. The lowest BCUT2D eigenvalue weighted by atomic mass is 10.2. The van der Waals surface area contributed by atoms with Gasteiger partial charge in [0, 0.05) is 31.5 Å². The van der Waals surface area contributed by atoms with Gasteiger partial charge in [-0.25, -0.2) is 9.97 Å². The highest BCUT2D eigenvalue weighted by molar-refractivity contribution is 5.59. The van der Waals surface area contributed by atoms with Crippen molar-refractivity contribution in [3.8, 4) is 11.3 Å². The molecule has 0 saturated heterocycles. The molecule has 0 bridgehead atoms. The lowest BCUT2D eigenvalue weighted by Crippen LogP contribution is -2.02. The van der Waals surface area contributed by atoms with Crippen LogP contribution in [0.5, 0.6) is 0 Å². The Balaban J connectivity index is 1.78. The number of imidazole rings is 1. The van der Waals surface area contributed by atoms with E-state index in [1.54, 1.807) is 12.3 Å². The van der Waals surface area contributed by atoms with Gasteiger partial charge in [0.05, 0.1) is 24.4 Å². The fourth-order valence-electron chi connectivity index (χ4n) is 2.15. The van der Waals surface area contributed by atoms with Gasteiger partial charge in [-0.05, 0) is 24.1 Å². The van der Waals surface area contributed by atoms with Gasteiger partial charge >= 0.3 is 0 Å². The molecule has 3 heterocycles. The normalized spacial score (nSPS) is 10.8. The summed E-state index contributed by atoms with van der Waals surface area (Å²) in [6, 6.07) is 3.76. The van der Waals surface area contributed by atoms with E-state index in [-0.39, 0.29) is 0 Å². The molecule has 2 N–H and O–H groups in total. The largest absolute Gasteiger partial charge is 0.384 e. The van der Waals surface area contributed by atoms with Crippen LogP contribution in [0.4, 0.5) is 5.82 Å². The second-order valence-electron chi connectivity index (χ2n) is 4.72. The van der Waals surface area contributed by atoms with Gasteiger partial charge in [0.15, 0.2) is 0 Å². The average molecular weight is 268 g/mol. The van der Waals surface area contributed by atoms with Crippen LogP contribution in [-0.4, -0.2) is 24.3 Å². The molecule has 0 aliphatic heterocycles. The molecule has 0 fully saturated rings. The van der Waals surface area contributed by atoms with Gasteiger partial charge in [0.1, 0.15) is 5.82 Å². The number of nitrogens with zero attached hydrogens (tertiary/aromatic N) is 5. The summed E-state index contributed by atoms with van der Waals surface area (Å²) < 4.78 is 3.92. The highest BCUT2D eigenvalue weighted by atomic mass is 15.2. The van der Waals surface area contributed by atoms with Gasteiger partial charge in [-0.3, -0.25) is 4.68 Å². The van der Waals surface area contributed by atoms with E-state index >= 15 is 0 Å². The van der Waals surface area contributed by atoms with Crippen molar-refractivity contribution in [1.29, 1.82) is 0 Å². The maximum absolute atomic E-state index is 5.61. The van der Waals surface area contributed by atoms with Crippen LogP contribution in [0.1, 0.15) is 5.56 Å². The SMILES string of the molecule is Cn1cc(CCn2cncc2-c2ccc(N)nc2)cn1. The first kappa shape index (κ1) is 12.4. The first-order chi connectivity index (χ1) is 9.72. The molecule has 0 aliphatic rings. The minimum Gasteiger partial charge on any atom is -0.384 e. The zero-order valence-electron chi connectivity index (χ0n) is 11.3. The van der Waals surface area contributed by atoms with E-state index in [1.807, 2.05) is 42.7 Å². The molecule has 6 heteroatoms. The summed E-state index contributed by atoms with van der Waals surface area (Å²) in [6.07, 6.45) is 10.3. The number of aryl methyl sites for hydroxylation is 3. The minimum absolute atomic E-state index is 0.523. The van der Waals surface area contributed by atoms with Crippen molar-refractivity contribution in [2.75, 3.05) is 5.73 Å². The summed E-state index contributed by atoms with van der Waals surface area (Å²) in [5, 5.41) is 4.17. The standard InChI is InChI=1S/C14H16N6/c1-19-9-11(6-18-19)4-5-20-10-16-8-13(20)12-2-3-14(15)17-7-12/h2-3,6-10H,4-5H2,1H3,(H2,15,17). The number of rotatable bonds is 4. The zero-order valence-corrected chi connectivity index (χ0v) is 11.3. The molecule has 0 amide bonds. The van der Waals surface area contributed by atoms with Gasteiger partial charge in [0.25, 0.3) is 0 Å². The second-order valence-corrected chi connectivity index (χ2v) is 4.72. The summed E-state index contributed by atoms with van der Waals surface area (Å²) in [5.41, 5.74) is 8.88. The smallest absolute Gasteiger partial charge is 0.123 e. The third kappa shape index (κ3) is 2.54. The first-order valence-corrected chi connectivity index (χ1v) is 6.42. The van der Waals surface area contributed by atoms with E-state index < -0.39 is 0 Å². The second kappa shape index (κ2) is 5.16. The number of hydrogen-bond acceptors (Lipinski definition) is 4. The molecule has 0 spiro atoms. The molecule has 3 rings (SSSR count). The number of hydrogen-bond donors (Lipinski definition) is 1. The van der Waals surface area contributed by atoms with E-state index in [0.29, 0.717) is 5.82 Å². The third-order valence-corrected chi connectivity index (χ3v) is 3.19. The number of nitrogen functional groups attached to an aromatic ring is 1. The van der Waals surface area contributed by atoms with Crippen molar-refractivity contribution >= 4 is 5.82 Å². The van der Waals surface area contributed by atoms with Gasteiger partial charge in [0.2, 0.25) is 0 Å². The molecule has 0 aromatic carbocycles. The lowest BCUT2D eigenvalue weighted by molar-refractivity contribution is 0.700. The third-order valence-electron chi connectivity index (χ3n) is 3.19. The van der Waals surface area contributed by atoms with Gasteiger partial charge in [-0.1, -0.05) is 0 Å². The van der Waals surface area contributed by atoms with Crippen molar-refractivity contribution in [1.82, 2.24) is 24.3 Å². The van der Waals surface area contributed by atoms with Crippen molar-refractivity contribution in [3.63, 3.8) is 0 Å². The van der Waals surface area contributed by atoms with Crippen LogP contribution >= 0.6 is 0 Å². The van der Waals surface area contributed by atoms with Crippen LogP contribution in [0.2, 0.25) is 0 Å². The highest BCUT2D eigenvalue weighted by Crippen LogP contribution is 2.19. The van der Waals surface area contributed by atoms with Crippen LogP contribution in [0.25, 0.3) is 11.3 Å². The maximum atomic E-state index is 5.61. The molecule has 6 nitrogen and oxygen atoms in total. The van der Waals surface area contributed by atoms with Crippen molar-refractivity contribution in [2.24, 2.45) is 7.05 Å². The van der Waals surface area contributed by atoms with E-state index in [2.05, 4.69) is 19.6 Å². The lowest BCUT2D eigenvalue weighted by Gasteiger charge is -2.07. The zero-order chi connectivity index (χ0) is 13.9. The van der Waals surface area contributed by atoms with Crippen molar-refractivity contribution < 1.29 is 0 Å². The summed E-state index contributed by atoms with van der Waals surface area (Å²) in [4.78, 5) is 8.34. The van der Waals surface area contributed by atoms with Crippen LogP contribution in [0.3, 0.4) is 0 Å². The van der Waals surface area contributed by atoms with E-state index in [0.717, 1.165) is 24.2 Å². The molecule has 3 aromatic heterocycles. The molecule has 0 aliphatic carbocycles. The Labute approximate surface area is 116 Å². The Hall–Kier alpha value is -2.63. The summed E-state index contributed by atoms with van der Waals surface area (Å²) in [7, 11) is 1.92. The Kier molecular flexibility index (Phi) is 3.20. The Morgan fingerprint density at radius 3 is 2.80 bits per heavy atom. The van der Waals surface area contributed by atoms with E-state index in [9.17, 15) is 0 Å². The van der Waals surface area contributed by atoms with E-state index in [1.165, 1.54) is 5.56 Å². The van der Waals surface area contributed by atoms with Crippen LogP contribution < -0.4 is 5.73 Å². The molecule has 0 atom stereocenters. The highest BCUT2D eigenvalue weighted by Gasteiger charge is 2.06. The molecular formula is C14H16N6. The topological polar surface area (TPSA) is 74.5 Å². The predicted molar refractivity (Wildman–Crippen MR) is 76.8 cm³/mol. The van der Waals surface area contributed by atoms with Crippen LogP contribution in [0.15, 0.2) is 43.2 Å². The fourth-order valence-corrected chi connectivity index (χ4v) is 2.15. The maximum Gasteiger partial charge on any atom is 0.123 e. The molecule has 102 valence electrons. The summed E-state index contributed by atoms with van der Waals surface area (Å²) in [5.74, 6) is 0.523. The minimum atomic E-state index is 0.523. The Morgan fingerprint density at radius 2 is 2.10 bits per heavy atom. The molecule has 0 radical (unpaired) electrons.